The lowest BCUT2D eigenvalue weighted by Gasteiger charge is -2.35. The highest BCUT2D eigenvalue weighted by atomic mass is 79.9. The van der Waals surface area contributed by atoms with Gasteiger partial charge in [-0.05, 0) is 74.7 Å². The number of benzene rings is 1. The number of anilines is 1. The van der Waals surface area contributed by atoms with Crippen LogP contribution in [0.5, 0.6) is 0 Å². The summed E-state index contributed by atoms with van der Waals surface area (Å²) < 4.78 is 34.0. The lowest BCUT2D eigenvalue weighted by atomic mass is 10.1. The summed E-state index contributed by atoms with van der Waals surface area (Å²) in [5.41, 5.74) is 1.52. The summed E-state index contributed by atoms with van der Waals surface area (Å²) in [6, 6.07) is 8.48. The largest absolute Gasteiger partial charge is 0.444 e. The van der Waals surface area contributed by atoms with Crippen LogP contribution in [0.4, 0.5) is 10.5 Å². The van der Waals surface area contributed by atoms with Gasteiger partial charge in [0.25, 0.3) is 10.0 Å². The number of piperidine rings is 1. The van der Waals surface area contributed by atoms with Gasteiger partial charge in [0.1, 0.15) is 5.60 Å². The number of nitrogens with one attached hydrogen (secondary N) is 1. The zero-order chi connectivity index (χ0) is 24.7. The number of aromatic nitrogens is 2. The topological polar surface area (TPSA) is 93.5 Å². The quantitative estimate of drug-likeness (QED) is 0.484. The molecule has 0 bridgehead atoms. The van der Waals surface area contributed by atoms with Crippen molar-refractivity contribution in [3.05, 3.63) is 52.8 Å². The normalized spacial score (nSPS) is 17.1. The first kappa shape index (κ1) is 24.5. The molecule has 0 spiro atoms. The number of pyridine rings is 1. The lowest BCUT2D eigenvalue weighted by molar-refractivity contribution is 0.0206. The van der Waals surface area contributed by atoms with Gasteiger partial charge in [-0.1, -0.05) is 17.7 Å². The molecule has 1 N–H and O–H groups in total. The highest BCUT2D eigenvalue weighted by molar-refractivity contribution is 9.10. The van der Waals surface area contributed by atoms with Gasteiger partial charge in [0, 0.05) is 36.9 Å². The number of aryl methyl sites for hydroxylation is 1. The maximum Gasteiger partial charge on any atom is 0.410 e. The van der Waals surface area contributed by atoms with Gasteiger partial charge in [-0.25, -0.2) is 22.2 Å². The van der Waals surface area contributed by atoms with Crippen molar-refractivity contribution in [3.8, 4) is 0 Å². The molecule has 182 valence electrons. The van der Waals surface area contributed by atoms with E-state index >= 15 is 0 Å². The van der Waals surface area contributed by atoms with Crippen LogP contribution in [0, 0.1) is 6.92 Å². The molecule has 0 unspecified atom stereocenters. The maximum absolute atomic E-state index is 13.3. The summed E-state index contributed by atoms with van der Waals surface area (Å²) in [7, 11) is -3.80. The van der Waals surface area contributed by atoms with Crippen LogP contribution in [0.15, 0.2) is 52.1 Å². The predicted octanol–water partition coefficient (Wildman–Crippen LogP) is 5.16. The fourth-order valence-corrected chi connectivity index (χ4v) is 5.73. The van der Waals surface area contributed by atoms with Gasteiger partial charge >= 0.3 is 6.09 Å². The number of amides is 1. The van der Waals surface area contributed by atoms with Crippen molar-refractivity contribution in [2.45, 2.75) is 57.1 Å². The molecule has 34 heavy (non-hydrogen) atoms. The number of likely N-dealkylation sites (tertiary alicyclic amines) is 1. The Morgan fingerprint density at radius 2 is 1.91 bits per heavy atom. The van der Waals surface area contributed by atoms with Crippen LogP contribution in [0.25, 0.3) is 11.0 Å². The van der Waals surface area contributed by atoms with Crippen LogP contribution in [0.3, 0.4) is 0 Å². The van der Waals surface area contributed by atoms with E-state index in [2.05, 4.69) is 26.2 Å². The van der Waals surface area contributed by atoms with E-state index in [1.165, 1.54) is 10.2 Å². The molecule has 1 saturated heterocycles. The molecular weight excluding hydrogens is 520 g/mol. The van der Waals surface area contributed by atoms with Crippen molar-refractivity contribution in [1.82, 2.24) is 13.9 Å². The van der Waals surface area contributed by atoms with Crippen molar-refractivity contribution in [2.24, 2.45) is 0 Å². The molecule has 2 aromatic heterocycles. The van der Waals surface area contributed by atoms with E-state index in [1.54, 1.807) is 41.4 Å². The number of nitrogens with zero attached hydrogens (tertiary/aromatic N) is 3. The molecular formula is C24H29BrN4O4S. The number of halogens is 1. The van der Waals surface area contributed by atoms with Gasteiger partial charge in [0.2, 0.25) is 0 Å². The Balaban J connectivity index is 1.62. The van der Waals surface area contributed by atoms with E-state index in [9.17, 15) is 13.2 Å². The Bertz CT molecular complexity index is 1310. The van der Waals surface area contributed by atoms with E-state index in [4.69, 9.17) is 4.74 Å². The summed E-state index contributed by atoms with van der Waals surface area (Å²) in [6.45, 7) is 8.60. The minimum Gasteiger partial charge on any atom is -0.444 e. The second kappa shape index (κ2) is 9.22. The van der Waals surface area contributed by atoms with Crippen LogP contribution >= 0.6 is 15.9 Å². The Morgan fingerprint density at radius 3 is 2.59 bits per heavy atom. The minimum atomic E-state index is -3.80. The van der Waals surface area contributed by atoms with Crippen LogP contribution in [-0.2, 0) is 14.8 Å². The highest BCUT2D eigenvalue weighted by Crippen LogP contribution is 2.33. The van der Waals surface area contributed by atoms with Gasteiger partial charge in [0.15, 0.2) is 5.65 Å². The summed E-state index contributed by atoms with van der Waals surface area (Å²) in [4.78, 5) is 18.9. The second-order valence-corrected chi connectivity index (χ2v) is 12.2. The number of carbonyl (C=O) groups excluding carboxylic acids is 1. The molecule has 1 aliphatic rings. The average Bonchev–Trinajstić information content (AvgIpc) is 3.20. The zero-order valence-electron chi connectivity index (χ0n) is 19.7. The third-order valence-electron chi connectivity index (χ3n) is 5.63. The van der Waals surface area contributed by atoms with E-state index in [0.29, 0.717) is 24.1 Å². The SMILES string of the molecule is Cc1ccc(S(=O)(=O)n2ccc3c(N[C@@H]4CCCN(C(=O)OC(C)(C)C)C4)c(Br)cnc32)cc1. The third-order valence-corrected chi connectivity index (χ3v) is 7.92. The number of hydrogen-bond donors (Lipinski definition) is 1. The summed E-state index contributed by atoms with van der Waals surface area (Å²) in [5, 5.41) is 4.19. The van der Waals surface area contributed by atoms with E-state index in [-0.39, 0.29) is 17.0 Å². The minimum absolute atomic E-state index is 0.0137. The third kappa shape index (κ3) is 5.07. The van der Waals surface area contributed by atoms with Crippen molar-refractivity contribution in [2.75, 3.05) is 18.4 Å². The number of hydrogen-bond acceptors (Lipinski definition) is 6. The summed E-state index contributed by atoms with van der Waals surface area (Å²) in [6.07, 6.45) is 4.51. The standard InChI is InChI=1S/C24H29BrN4O4S/c1-16-7-9-18(10-8-16)34(31,32)29-13-11-19-21(20(25)14-26-22(19)29)27-17-6-5-12-28(15-17)23(30)33-24(2,3)4/h7-11,13-14,17H,5-6,12,15H2,1-4H3,(H,26,27)/t17-/m1/s1. The molecule has 0 aliphatic carbocycles. The molecule has 0 radical (unpaired) electrons. The molecule has 1 fully saturated rings. The van der Waals surface area contributed by atoms with E-state index in [0.717, 1.165) is 28.6 Å². The molecule has 3 aromatic rings. The second-order valence-electron chi connectivity index (χ2n) is 9.56. The summed E-state index contributed by atoms with van der Waals surface area (Å²) >= 11 is 3.55. The predicted molar refractivity (Wildman–Crippen MR) is 136 cm³/mol. The van der Waals surface area contributed by atoms with Crippen LogP contribution < -0.4 is 5.32 Å². The summed E-state index contributed by atoms with van der Waals surface area (Å²) in [5.74, 6) is 0. The van der Waals surface area contributed by atoms with E-state index < -0.39 is 15.6 Å². The molecule has 4 rings (SSSR count). The molecule has 1 aliphatic heterocycles. The van der Waals surface area contributed by atoms with Crippen molar-refractivity contribution < 1.29 is 17.9 Å². The van der Waals surface area contributed by atoms with Gasteiger partial charge in [0.05, 0.1) is 15.1 Å². The Labute approximate surface area is 208 Å². The lowest BCUT2D eigenvalue weighted by Crippen LogP contribution is -2.47. The molecule has 1 aromatic carbocycles. The van der Waals surface area contributed by atoms with Gasteiger partial charge < -0.3 is 15.0 Å². The average molecular weight is 549 g/mol. The first-order valence-electron chi connectivity index (χ1n) is 11.2. The van der Waals surface area contributed by atoms with Crippen molar-refractivity contribution >= 4 is 48.8 Å². The maximum atomic E-state index is 13.3. The van der Waals surface area contributed by atoms with Crippen molar-refractivity contribution in [1.29, 1.82) is 0 Å². The van der Waals surface area contributed by atoms with Gasteiger partial charge in [-0.2, -0.15) is 0 Å². The molecule has 1 atom stereocenters. The van der Waals surface area contributed by atoms with Crippen LogP contribution in [0.1, 0.15) is 39.2 Å². The van der Waals surface area contributed by atoms with E-state index in [1.807, 2.05) is 27.7 Å². The first-order valence-corrected chi connectivity index (χ1v) is 13.4. The van der Waals surface area contributed by atoms with Gasteiger partial charge in [-0.15, -0.1) is 0 Å². The van der Waals surface area contributed by atoms with Crippen LogP contribution in [-0.4, -0.2) is 53.1 Å². The Morgan fingerprint density at radius 1 is 1.21 bits per heavy atom. The fraction of sp³-hybridized carbons (Fsp3) is 0.417. The van der Waals surface area contributed by atoms with Crippen molar-refractivity contribution in [3.63, 3.8) is 0 Å². The van der Waals surface area contributed by atoms with Gasteiger partial charge in [-0.3, -0.25) is 0 Å². The first-order chi connectivity index (χ1) is 16.0. The monoisotopic (exact) mass is 548 g/mol. The number of ether oxygens (including phenoxy) is 1. The Kier molecular flexibility index (Phi) is 6.65. The molecule has 8 nitrogen and oxygen atoms in total. The number of fused-ring (bicyclic) bond motifs is 1. The number of rotatable bonds is 4. The fourth-order valence-electron chi connectivity index (χ4n) is 3.99. The highest BCUT2D eigenvalue weighted by Gasteiger charge is 2.29. The number of carbonyl (C=O) groups is 1. The molecule has 10 heteroatoms. The smallest absolute Gasteiger partial charge is 0.410 e. The molecule has 0 saturated carbocycles. The zero-order valence-corrected chi connectivity index (χ0v) is 22.1. The Hall–Kier alpha value is -2.59. The molecule has 1 amide bonds. The molecule has 3 heterocycles. The van der Waals surface area contributed by atoms with Crippen LogP contribution in [0.2, 0.25) is 0 Å².